The first-order valence-corrected chi connectivity index (χ1v) is 7.31. The van der Waals surface area contributed by atoms with Crippen molar-refractivity contribution in [2.24, 2.45) is 0 Å². The molecule has 0 saturated carbocycles. The van der Waals surface area contributed by atoms with Crippen LogP contribution in [0.4, 0.5) is 5.69 Å². The topological polar surface area (TPSA) is 59.8 Å². The van der Waals surface area contributed by atoms with Crippen molar-refractivity contribution in [3.63, 3.8) is 0 Å². The summed E-state index contributed by atoms with van der Waals surface area (Å²) in [5, 5.41) is 14.0. The van der Waals surface area contributed by atoms with E-state index in [2.05, 4.69) is 5.32 Å². The van der Waals surface area contributed by atoms with Crippen molar-refractivity contribution in [2.45, 2.75) is 13.0 Å². The van der Waals surface area contributed by atoms with E-state index in [4.69, 9.17) is 23.2 Å². The number of nitrogens with two attached hydrogens (primary N) is 1. The van der Waals surface area contributed by atoms with Crippen LogP contribution in [-0.4, -0.2) is 11.5 Å². The van der Waals surface area contributed by atoms with Crippen LogP contribution in [0.5, 0.6) is 0 Å². The highest BCUT2D eigenvalue weighted by Gasteiger charge is 2.05. The molecule has 0 unspecified atom stereocenters. The molecule has 110 valence electrons. The molecule has 21 heavy (non-hydrogen) atoms. The minimum Gasteiger partial charge on any atom is -0.342 e. The molecule has 0 bridgehead atoms. The second-order valence-corrected chi connectivity index (χ2v) is 5.53. The van der Waals surface area contributed by atoms with Gasteiger partial charge in [-0.25, -0.2) is 0 Å². The largest absolute Gasteiger partial charge is 0.342 e. The molecule has 0 aliphatic heterocycles. The number of quaternary nitrogens is 1. The predicted octanol–water partition coefficient (Wildman–Crippen LogP) is 3.21. The molecule has 0 aliphatic rings. The second-order valence-electron chi connectivity index (χ2n) is 4.69. The quantitative estimate of drug-likeness (QED) is 0.503. The Morgan fingerprint density at radius 2 is 1.81 bits per heavy atom. The van der Waals surface area contributed by atoms with Crippen LogP contribution in [-0.2, 0) is 13.0 Å². The number of rotatable bonds is 6. The molecule has 0 fully saturated rings. The third-order valence-corrected chi connectivity index (χ3v) is 3.75. The van der Waals surface area contributed by atoms with E-state index in [0.717, 1.165) is 30.6 Å². The van der Waals surface area contributed by atoms with Crippen LogP contribution >= 0.6 is 23.2 Å². The summed E-state index contributed by atoms with van der Waals surface area (Å²) >= 11 is 12.0. The van der Waals surface area contributed by atoms with Gasteiger partial charge in [-0.2, -0.15) is 0 Å². The third kappa shape index (κ3) is 4.70. The van der Waals surface area contributed by atoms with Gasteiger partial charge in [0.1, 0.15) is 6.54 Å². The van der Waals surface area contributed by atoms with Crippen molar-refractivity contribution in [1.82, 2.24) is 0 Å². The maximum Gasteiger partial charge on any atom is 0.269 e. The summed E-state index contributed by atoms with van der Waals surface area (Å²) in [6, 6.07) is 12.1. The van der Waals surface area contributed by atoms with Crippen molar-refractivity contribution in [3.8, 4) is 0 Å². The van der Waals surface area contributed by atoms with Crippen LogP contribution in [0.2, 0.25) is 10.0 Å². The molecule has 2 N–H and O–H groups in total. The molecule has 0 spiro atoms. The van der Waals surface area contributed by atoms with Gasteiger partial charge in [-0.15, -0.1) is 0 Å². The average molecular weight is 326 g/mol. The zero-order valence-corrected chi connectivity index (χ0v) is 12.8. The van der Waals surface area contributed by atoms with E-state index < -0.39 is 4.92 Å². The Morgan fingerprint density at radius 1 is 1.10 bits per heavy atom. The van der Waals surface area contributed by atoms with E-state index in [1.165, 1.54) is 12.1 Å². The van der Waals surface area contributed by atoms with Crippen LogP contribution < -0.4 is 5.32 Å². The van der Waals surface area contributed by atoms with Gasteiger partial charge in [0.15, 0.2) is 0 Å². The highest BCUT2D eigenvalue weighted by atomic mass is 35.5. The molecule has 4 nitrogen and oxygen atoms in total. The summed E-state index contributed by atoms with van der Waals surface area (Å²) in [5.41, 5.74) is 2.25. The fourth-order valence-electron chi connectivity index (χ4n) is 2.00. The standard InChI is InChI=1S/C15H14Cl2N2O2/c16-13-4-3-12(15(17)9-13)7-8-18-10-11-1-5-14(6-2-11)19(20)21/h1-6,9,18H,7-8,10H2/p+1. The molecule has 0 saturated heterocycles. The minimum absolute atomic E-state index is 0.117. The first-order chi connectivity index (χ1) is 10.1. The lowest BCUT2D eigenvalue weighted by molar-refractivity contribution is -0.670. The van der Waals surface area contributed by atoms with E-state index in [1.807, 2.05) is 12.1 Å². The van der Waals surface area contributed by atoms with E-state index in [0.29, 0.717) is 10.0 Å². The summed E-state index contributed by atoms with van der Waals surface area (Å²) in [6.45, 7) is 1.67. The monoisotopic (exact) mass is 325 g/mol. The number of nitro groups is 1. The number of hydrogen-bond donors (Lipinski definition) is 1. The fraction of sp³-hybridized carbons (Fsp3) is 0.200. The second kappa shape index (κ2) is 7.41. The highest BCUT2D eigenvalue weighted by molar-refractivity contribution is 6.35. The van der Waals surface area contributed by atoms with Crippen LogP contribution in [0.1, 0.15) is 11.1 Å². The highest BCUT2D eigenvalue weighted by Crippen LogP contribution is 2.20. The molecule has 0 radical (unpaired) electrons. The molecule has 0 amide bonds. The van der Waals surface area contributed by atoms with Crippen LogP contribution in [0, 0.1) is 10.1 Å². The van der Waals surface area contributed by atoms with Gasteiger partial charge in [-0.1, -0.05) is 29.3 Å². The van der Waals surface area contributed by atoms with Crippen molar-refractivity contribution < 1.29 is 10.2 Å². The SMILES string of the molecule is O=[N+]([O-])c1ccc(C[NH2+]CCc2ccc(Cl)cc2Cl)cc1. The Hall–Kier alpha value is -1.62. The Labute approximate surface area is 132 Å². The number of benzene rings is 2. The average Bonchev–Trinajstić information content (AvgIpc) is 2.46. The molecule has 0 aromatic heterocycles. The number of nitrogens with zero attached hydrogens (tertiary/aromatic N) is 1. The number of non-ortho nitro benzene ring substituents is 1. The fourth-order valence-corrected chi connectivity index (χ4v) is 2.51. The lowest BCUT2D eigenvalue weighted by Crippen LogP contribution is -2.83. The smallest absolute Gasteiger partial charge is 0.269 e. The normalized spacial score (nSPS) is 10.6. The van der Waals surface area contributed by atoms with Gasteiger partial charge in [0, 0.05) is 34.2 Å². The van der Waals surface area contributed by atoms with Crippen molar-refractivity contribution in [1.29, 1.82) is 0 Å². The molecular formula is C15H15Cl2N2O2+. The summed E-state index contributed by atoms with van der Waals surface area (Å²) in [5.74, 6) is 0. The molecule has 6 heteroatoms. The maximum absolute atomic E-state index is 10.6. The summed E-state index contributed by atoms with van der Waals surface area (Å²) in [4.78, 5) is 10.2. The van der Waals surface area contributed by atoms with Crippen molar-refractivity contribution in [3.05, 3.63) is 73.8 Å². The lowest BCUT2D eigenvalue weighted by atomic mass is 10.1. The first-order valence-electron chi connectivity index (χ1n) is 6.55. The van der Waals surface area contributed by atoms with Gasteiger partial charge in [0.2, 0.25) is 0 Å². The van der Waals surface area contributed by atoms with Gasteiger partial charge < -0.3 is 5.32 Å². The van der Waals surface area contributed by atoms with E-state index in [1.54, 1.807) is 18.2 Å². The number of nitro benzene ring substituents is 1. The minimum atomic E-state index is -0.393. The van der Waals surface area contributed by atoms with Crippen LogP contribution in [0.3, 0.4) is 0 Å². The van der Waals surface area contributed by atoms with Gasteiger partial charge in [-0.05, 0) is 29.8 Å². The Morgan fingerprint density at radius 3 is 2.43 bits per heavy atom. The molecule has 2 rings (SSSR count). The maximum atomic E-state index is 10.6. The summed E-state index contributed by atoms with van der Waals surface area (Å²) in [6.07, 6.45) is 0.850. The zero-order valence-electron chi connectivity index (χ0n) is 11.3. The van der Waals surface area contributed by atoms with E-state index >= 15 is 0 Å². The van der Waals surface area contributed by atoms with Gasteiger partial charge >= 0.3 is 0 Å². The van der Waals surface area contributed by atoms with E-state index in [9.17, 15) is 10.1 Å². The lowest BCUT2D eigenvalue weighted by Gasteiger charge is -2.05. The van der Waals surface area contributed by atoms with E-state index in [-0.39, 0.29) is 5.69 Å². The predicted molar refractivity (Wildman–Crippen MR) is 83.8 cm³/mol. The van der Waals surface area contributed by atoms with Gasteiger partial charge in [0.05, 0.1) is 11.5 Å². The van der Waals surface area contributed by atoms with Gasteiger partial charge in [-0.3, -0.25) is 10.1 Å². The van der Waals surface area contributed by atoms with Crippen LogP contribution in [0.15, 0.2) is 42.5 Å². The van der Waals surface area contributed by atoms with Crippen molar-refractivity contribution >= 4 is 28.9 Å². The third-order valence-electron chi connectivity index (χ3n) is 3.16. The molecule has 0 aliphatic carbocycles. The Bertz CT molecular complexity index is 630. The zero-order chi connectivity index (χ0) is 15.2. The Kier molecular flexibility index (Phi) is 5.56. The van der Waals surface area contributed by atoms with Crippen molar-refractivity contribution in [2.75, 3.05) is 6.54 Å². The molecule has 0 heterocycles. The molecule has 2 aromatic carbocycles. The number of halogens is 2. The molecule has 2 aromatic rings. The van der Waals surface area contributed by atoms with Gasteiger partial charge in [0.25, 0.3) is 5.69 Å². The van der Waals surface area contributed by atoms with Crippen LogP contribution in [0.25, 0.3) is 0 Å². The summed E-state index contributed by atoms with van der Waals surface area (Å²) in [7, 11) is 0. The Balaban J connectivity index is 1.80. The summed E-state index contributed by atoms with van der Waals surface area (Å²) < 4.78 is 0. The number of hydrogen-bond acceptors (Lipinski definition) is 2. The first kappa shape index (κ1) is 15.8. The molecular weight excluding hydrogens is 311 g/mol. The molecule has 0 atom stereocenters.